The lowest BCUT2D eigenvalue weighted by Crippen LogP contribution is -2.52. The first-order chi connectivity index (χ1) is 13.6. The fourth-order valence-electron chi connectivity index (χ4n) is 4.61. The van der Waals surface area contributed by atoms with Gasteiger partial charge < -0.3 is 10.2 Å². The van der Waals surface area contributed by atoms with E-state index in [-0.39, 0.29) is 17.5 Å². The molecule has 158 valence electrons. The van der Waals surface area contributed by atoms with Crippen LogP contribution < -0.4 is 5.32 Å². The number of halogens is 1. The SMILES string of the molecule is C=C/C=C(\C=C)C1CC(C)(C)n2ncc(C(=O)N3CCCCC3C(C)(C)F)c2N1. The summed E-state index contributed by atoms with van der Waals surface area (Å²) in [7, 11) is 0. The van der Waals surface area contributed by atoms with Gasteiger partial charge in [-0.3, -0.25) is 4.79 Å². The minimum Gasteiger partial charge on any atom is -0.363 e. The lowest BCUT2D eigenvalue weighted by Gasteiger charge is -2.42. The van der Waals surface area contributed by atoms with Crippen molar-refractivity contribution >= 4 is 11.7 Å². The van der Waals surface area contributed by atoms with E-state index in [1.165, 1.54) is 0 Å². The Morgan fingerprint density at radius 2 is 2.10 bits per heavy atom. The molecule has 3 rings (SSSR count). The molecular weight excluding hydrogens is 367 g/mol. The molecule has 1 N–H and O–H groups in total. The second-order valence-corrected chi connectivity index (χ2v) is 9.21. The molecule has 5 nitrogen and oxygen atoms in total. The predicted octanol–water partition coefficient (Wildman–Crippen LogP) is 4.84. The third-order valence-electron chi connectivity index (χ3n) is 6.09. The Balaban J connectivity index is 1.99. The van der Waals surface area contributed by atoms with Crippen LogP contribution >= 0.6 is 0 Å². The highest BCUT2D eigenvalue weighted by molar-refractivity contribution is 5.99. The molecule has 0 radical (unpaired) electrons. The van der Waals surface area contributed by atoms with Gasteiger partial charge in [-0.25, -0.2) is 9.07 Å². The standard InChI is InChI=1S/C23H33FN4O/c1-7-11-16(8-2)18-14-22(3,4)28-20(26-18)17(15-25-28)21(29)27-13-10-9-12-19(27)23(5,6)24/h7-8,11,15,18-19,26H,1-2,9-10,12-14H2,3-6H3/b16-11+. The van der Waals surface area contributed by atoms with E-state index >= 15 is 0 Å². The highest BCUT2D eigenvalue weighted by atomic mass is 19.1. The van der Waals surface area contributed by atoms with Crippen LogP contribution in [0.3, 0.4) is 0 Å². The molecule has 3 heterocycles. The molecule has 0 saturated carbocycles. The summed E-state index contributed by atoms with van der Waals surface area (Å²) in [6.07, 6.45) is 10.4. The summed E-state index contributed by atoms with van der Waals surface area (Å²) >= 11 is 0. The number of alkyl halides is 1. The molecule has 6 heteroatoms. The second-order valence-electron chi connectivity index (χ2n) is 9.21. The number of fused-ring (bicyclic) bond motifs is 1. The van der Waals surface area contributed by atoms with Crippen molar-refractivity contribution in [2.45, 2.75) is 76.7 Å². The lowest BCUT2D eigenvalue weighted by atomic mass is 9.88. The van der Waals surface area contributed by atoms with Crippen molar-refractivity contribution in [1.29, 1.82) is 0 Å². The molecule has 0 aliphatic carbocycles. The smallest absolute Gasteiger partial charge is 0.259 e. The average Bonchev–Trinajstić information content (AvgIpc) is 3.09. The number of hydrogen-bond acceptors (Lipinski definition) is 3. The van der Waals surface area contributed by atoms with Crippen molar-refractivity contribution in [3.63, 3.8) is 0 Å². The summed E-state index contributed by atoms with van der Waals surface area (Å²) < 4.78 is 16.7. The Morgan fingerprint density at radius 3 is 2.72 bits per heavy atom. The second kappa shape index (κ2) is 7.81. The number of rotatable bonds is 5. The number of hydrogen-bond donors (Lipinski definition) is 1. The fraction of sp³-hybridized carbons (Fsp3) is 0.565. The normalized spacial score (nSPS) is 24.4. The molecule has 1 amide bonds. The van der Waals surface area contributed by atoms with Gasteiger partial charge in [-0.1, -0.05) is 31.4 Å². The first-order valence-corrected chi connectivity index (χ1v) is 10.4. The Bertz CT molecular complexity index is 830. The molecule has 1 aromatic heterocycles. The third kappa shape index (κ3) is 4.02. The van der Waals surface area contributed by atoms with Crippen molar-refractivity contribution in [3.8, 4) is 0 Å². The molecule has 0 aromatic carbocycles. The van der Waals surface area contributed by atoms with Gasteiger partial charge in [-0.05, 0) is 59.0 Å². The van der Waals surface area contributed by atoms with E-state index < -0.39 is 11.7 Å². The van der Waals surface area contributed by atoms with Crippen LogP contribution in [0.15, 0.2) is 43.2 Å². The van der Waals surface area contributed by atoms with Gasteiger partial charge in [0.05, 0.1) is 23.8 Å². The maximum Gasteiger partial charge on any atom is 0.259 e. The lowest BCUT2D eigenvalue weighted by molar-refractivity contribution is 0.0208. The molecule has 0 spiro atoms. The summed E-state index contributed by atoms with van der Waals surface area (Å²) in [5, 5.41) is 8.01. The average molecular weight is 401 g/mol. The number of nitrogens with zero attached hydrogens (tertiary/aromatic N) is 3. The Kier molecular flexibility index (Phi) is 5.74. The van der Waals surface area contributed by atoms with Crippen molar-refractivity contribution in [1.82, 2.24) is 14.7 Å². The zero-order chi connectivity index (χ0) is 21.4. The van der Waals surface area contributed by atoms with Gasteiger partial charge in [0.1, 0.15) is 17.1 Å². The number of amides is 1. The minimum absolute atomic E-state index is 0.00832. The maximum absolute atomic E-state index is 14.8. The Hall–Kier alpha value is -2.37. The highest BCUT2D eigenvalue weighted by Gasteiger charge is 2.42. The summed E-state index contributed by atoms with van der Waals surface area (Å²) in [6.45, 7) is 15.6. The number of allylic oxidation sites excluding steroid dienone is 2. The van der Waals surface area contributed by atoms with Gasteiger partial charge in [-0.15, -0.1) is 0 Å². The topological polar surface area (TPSA) is 50.2 Å². The maximum atomic E-state index is 14.8. The van der Waals surface area contributed by atoms with Gasteiger partial charge in [-0.2, -0.15) is 5.10 Å². The molecule has 1 aromatic rings. The van der Waals surface area contributed by atoms with Crippen LogP contribution in [0.4, 0.5) is 10.2 Å². The van der Waals surface area contributed by atoms with E-state index in [4.69, 9.17) is 0 Å². The molecule has 2 atom stereocenters. The van der Waals surface area contributed by atoms with Gasteiger partial charge in [0.2, 0.25) is 0 Å². The number of carbonyl (C=O) groups excluding carboxylic acids is 1. The quantitative estimate of drug-likeness (QED) is 0.719. The molecule has 0 bridgehead atoms. The van der Waals surface area contributed by atoms with Crippen LogP contribution in [-0.4, -0.2) is 44.9 Å². The van der Waals surface area contributed by atoms with Crippen LogP contribution in [0.1, 0.15) is 63.7 Å². The molecule has 2 unspecified atom stereocenters. The van der Waals surface area contributed by atoms with E-state index in [9.17, 15) is 9.18 Å². The summed E-state index contributed by atoms with van der Waals surface area (Å²) in [6, 6.07) is -0.429. The number of likely N-dealkylation sites (tertiary alicyclic amines) is 1. The van der Waals surface area contributed by atoms with Gasteiger partial charge in [0.15, 0.2) is 0 Å². The number of anilines is 1. The number of carbonyl (C=O) groups is 1. The van der Waals surface area contributed by atoms with Crippen molar-refractivity contribution in [3.05, 3.63) is 48.7 Å². The third-order valence-corrected chi connectivity index (χ3v) is 6.09. The number of nitrogens with one attached hydrogen (secondary N) is 1. The molecule has 1 fully saturated rings. The van der Waals surface area contributed by atoms with Gasteiger partial charge in [0.25, 0.3) is 5.91 Å². The number of piperidine rings is 1. The van der Waals surface area contributed by atoms with Crippen molar-refractivity contribution < 1.29 is 9.18 Å². The fourth-order valence-corrected chi connectivity index (χ4v) is 4.61. The number of aromatic nitrogens is 2. The van der Waals surface area contributed by atoms with E-state index in [1.807, 2.05) is 16.8 Å². The van der Waals surface area contributed by atoms with Crippen LogP contribution in [0.5, 0.6) is 0 Å². The Morgan fingerprint density at radius 1 is 1.38 bits per heavy atom. The van der Waals surface area contributed by atoms with Crippen LogP contribution in [-0.2, 0) is 5.54 Å². The Labute approximate surface area is 173 Å². The molecule has 1 saturated heterocycles. The molecule has 2 aliphatic rings. The van der Waals surface area contributed by atoms with Crippen LogP contribution in [0.25, 0.3) is 0 Å². The molecule has 29 heavy (non-hydrogen) atoms. The summed E-state index contributed by atoms with van der Waals surface area (Å²) in [5.74, 6) is 0.535. The molecular formula is C23H33FN4O. The van der Waals surface area contributed by atoms with Crippen molar-refractivity contribution in [2.75, 3.05) is 11.9 Å². The van der Waals surface area contributed by atoms with Gasteiger partial charge in [0, 0.05) is 6.54 Å². The summed E-state index contributed by atoms with van der Waals surface area (Å²) in [4.78, 5) is 15.2. The predicted molar refractivity (Wildman–Crippen MR) is 116 cm³/mol. The monoisotopic (exact) mass is 400 g/mol. The van der Waals surface area contributed by atoms with E-state index in [0.717, 1.165) is 24.8 Å². The van der Waals surface area contributed by atoms with Gasteiger partial charge >= 0.3 is 0 Å². The van der Waals surface area contributed by atoms with E-state index in [1.54, 1.807) is 31.0 Å². The summed E-state index contributed by atoms with van der Waals surface area (Å²) in [5.41, 5.74) is -0.213. The highest BCUT2D eigenvalue weighted by Crippen LogP contribution is 2.38. The first kappa shape index (κ1) is 21.3. The van der Waals surface area contributed by atoms with E-state index in [2.05, 4.69) is 37.4 Å². The first-order valence-electron chi connectivity index (χ1n) is 10.4. The van der Waals surface area contributed by atoms with Crippen LogP contribution in [0, 0.1) is 0 Å². The zero-order valence-corrected chi connectivity index (χ0v) is 18.0. The minimum atomic E-state index is -1.44. The largest absolute Gasteiger partial charge is 0.363 e. The van der Waals surface area contributed by atoms with E-state index in [0.29, 0.717) is 24.3 Å². The van der Waals surface area contributed by atoms with Crippen molar-refractivity contribution in [2.24, 2.45) is 0 Å². The van der Waals surface area contributed by atoms with Crippen LogP contribution in [0.2, 0.25) is 0 Å². The zero-order valence-electron chi connectivity index (χ0n) is 18.0. The molecule has 2 aliphatic heterocycles.